The van der Waals surface area contributed by atoms with E-state index in [1.54, 1.807) is 22.9 Å². The molecule has 2 aromatic rings. The molecule has 16 heavy (non-hydrogen) atoms. The zero-order valence-electron chi connectivity index (χ0n) is 8.94. The van der Waals surface area contributed by atoms with Crippen molar-refractivity contribution in [3.8, 4) is 5.69 Å². The van der Waals surface area contributed by atoms with Crippen molar-refractivity contribution in [2.24, 2.45) is 0 Å². The molecule has 1 heterocycles. The molecule has 5 heteroatoms. The summed E-state index contributed by atoms with van der Waals surface area (Å²) in [5.74, 6) is 1.49. The molecule has 4 nitrogen and oxygen atoms in total. The van der Waals surface area contributed by atoms with E-state index in [-0.39, 0.29) is 0 Å². The average Bonchev–Trinajstić information content (AvgIpc) is 2.58. The van der Waals surface area contributed by atoms with Gasteiger partial charge in [-0.1, -0.05) is 11.6 Å². The first-order chi connectivity index (χ1) is 7.61. The number of hydrogen-bond donors (Lipinski definition) is 0. The van der Waals surface area contributed by atoms with Crippen molar-refractivity contribution < 1.29 is 4.79 Å². The predicted octanol–water partition coefficient (Wildman–Crippen LogP) is 2.35. The Balaban J connectivity index is 2.53. The minimum atomic E-state index is 0.417. The van der Waals surface area contributed by atoms with Crippen LogP contribution in [0.1, 0.15) is 22.0 Å². The fourth-order valence-electron chi connectivity index (χ4n) is 1.51. The van der Waals surface area contributed by atoms with Crippen LogP contribution < -0.4 is 0 Å². The third-order valence-corrected chi connectivity index (χ3v) is 2.56. The summed E-state index contributed by atoms with van der Waals surface area (Å²) < 4.78 is 1.69. The van der Waals surface area contributed by atoms with Gasteiger partial charge in [0.15, 0.2) is 6.29 Å². The molecule has 0 saturated carbocycles. The maximum Gasteiger partial charge on any atom is 0.151 e. The van der Waals surface area contributed by atoms with Crippen LogP contribution in [0.3, 0.4) is 0 Å². The Bertz CT molecular complexity index is 548. The summed E-state index contributed by atoms with van der Waals surface area (Å²) in [7, 11) is 0. The number of benzene rings is 1. The summed E-state index contributed by atoms with van der Waals surface area (Å²) in [5, 5.41) is 4.65. The van der Waals surface area contributed by atoms with Gasteiger partial charge in [0, 0.05) is 5.56 Å². The van der Waals surface area contributed by atoms with Gasteiger partial charge in [-0.25, -0.2) is 9.67 Å². The van der Waals surface area contributed by atoms with E-state index in [4.69, 9.17) is 11.6 Å². The number of aldehydes is 1. The molecule has 0 unspecified atom stereocenters. The lowest BCUT2D eigenvalue weighted by atomic mass is 10.2. The number of halogens is 1. The first-order valence-electron chi connectivity index (χ1n) is 4.77. The van der Waals surface area contributed by atoms with Gasteiger partial charge in [-0.2, -0.15) is 5.10 Å². The van der Waals surface area contributed by atoms with Crippen LogP contribution in [0.5, 0.6) is 0 Å². The number of carbonyl (C=O) groups excluding carboxylic acids is 1. The molecular formula is C11H10ClN3O. The number of carbonyl (C=O) groups is 1. The molecule has 0 aliphatic heterocycles. The number of rotatable bonds is 2. The molecule has 0 atom stereocenters. The van der Waals surface area contributed by atoms with E-state index in [2.05, 4.69) is 10.1 Å². The molecular weight excluding hydrogens is 226 g/mol. The lowest BCUT2D eigenvalue weighted by Gasteiger charge is -2.04. The summed E-state index contributed by atoms with van der Waals surface area (Å²) in [6.45, 7) is 3.69. The Labute approximate surface area is 97.9 Å². The van der Waals surface area contributed by atoms with E-state index in [0.717, 1.165) is 17.8 Å². The Morgan fingerprint density at radius 2 is 2.12 bits per heavy atom. The smallest absolute Gasteiger partial charge is 0.151 e. The second-order valence-electron chi connectivity index (χ2n) is 3.44. The van der Waals surface area contributed by atoms with Crippen LogP contribution in [0.4, 0.5) is 0 Å². The lowest BCUT2D eigenvalue weighted by molar-refractivity contribution is 0.112. The molecule has 0 fully saturated rings. The zero-order chi connectivity index (χ0) is 11.7. The van der Waals surface area contributed by atoms with Crippen LogP contribution in [0.15, 0.2) is 18.2 Å². The van der Waals surface area contributed by atoms with Gasteiger partial charge in [0.25, 0.3) is 0 Å². The minimum absolute atomic E-state index is 0.417. The van der Waals surface area contributed by atoms with Gasteiger partial charge >= 0.3 is 0 Å². The first-order valence-corrected chi connectivity index (χ1v) is 5.15. The first kappa shape index (κ1) is 10.8. The fourth-order valence-corrected chi connectivity index (χ4v) is 1.73. The SMILES string of the molecule is Cc1nc(C)n(-c2ccc(C=O)c(Cl)c2)n1. The number of nitrogens with zero attached hydrogens (tertiary/aromatic N) is 3. The monoisotopic (exact) mass is 235 g/mol. The molecule has 0 aliphatic carbocycles. The molecule has 1 aromatic heterocycles. The van der Waals surface area contributed by atoms with E-state index in [9.17, 15) is 4.79 Å². The summed E-state index contributed by atoms with van der Waals surface area (Å²) in [6, 6.07) is 5.16. The molecule has 0 radical (unpaired) electrons. The molecule has 0 saturated heterocycles. The second-order valence-corrected chi connectivity index (χ2v) is 3.85. The van der Waals surface area contributed by atoms with E-state index < -0.39 is 0 Å². The highest BCUT2D eigenvalue weighted by Gasteiger charge is 2.07. The maximum absolute atomic E-state index is 10.6. The van der Waals surface area contributed by atoms with Crippen molar-refractivity contribution in [2.45, 2.75) is 13.8 Å². The van der Waals surface area contributed by atoms with Crippen LogP contribution in [0, 0.1) is 13.8 Å². The van der Waals surface area contributed by atoms with Crippen molar-refractivity contribution >= 4 is 17.9 Å². The predicted molar refractivity (Wildman–Crippen MR) is 61.2 cm³/mol. The molecule has 0 amide bonds. The van der Waals surface area contributed by atoms with Crippen molar-refractivity contribution in [2.75, 3.05) is 0 Å². The quantitative estimate of drug-likeness (QED) is 0.751. The summed E-state index contributed by atoms with van der Waals surface area (Å²) in [6.07, 6.45) is 0.728. The number of hydrogen-bond acceptors (Lipinski definition) is 3. The third kappa shape index (κ3) is 1.84. The van der Waals surface area contributed by atoms with Gasteiger partial charge in [-0.15, -0.1) is 0 Å². The van der Waals surface area contributed by atoms with Crippen molar-refractivity contribution in [3.05, 3.63) is 40.4 Å². The molecule has 82 valence electrons. The van der Waals surface area contributed by atoms with Crippen LogP contribution in [0.2, 0.25) is 5.02 Å². The Morgan fingerprint density at radius 3 is 2.62 bits per heavy atom. The Kier molecular flexibility index (Phi) is 2.75. The summed E-state index contributed by atoms with van der Waals surface area (Å²) in [4.78, 5) is 14.8. The maximum atomic E-state index is 10.6. The second kappa shape index (κ2) is 4.06. The molecule has 0 spiro atoms. The van der Waals surface area contributed by atoms with Gasteiger partial charge in [-0.3, -0.25) is 4.79 Å². The number of aromatic nitrogens is 3. The standard InChI is InChI=1S/C11H10ClN3O/c1-7-13-8(2)15(14-7)10-4-3-9(6-16)11(12)5-10/h3-6H,1-2H3. The van der Waals surface area contributed by atoms with Crippen LogP contribution in [0.25, 0.3) is 5.69 Å². The minimum Gasteiger partial charge on any atom is -0.298 e. The lowest BCUT2D eigenvalue weighted by Crippen LogP contribution is -1.99. The van der Waals surface area contributed by atoms with E-state index in [0.29, 0.717) is 16.4 Å². The van der Waals surface area contributed by atoms with E-state index >= 15 is 0 Å². The highest BCUT2D eigenvalue weighted by atomic mass is 35.5. The normalized spacial score (nSPS) is 10.4. The van der Waals surface area contributed by atoms with Crippen molar-refractivity contribution in [1.82, 2.24) is 14.8 Å². The number of aryl methyl sites for hydroxylation is 2. The van der Waals surface area contributed by atoms with Gasteiger partial charge in [0.05, 0.1) is 10.7 Å². The summed E-state index contributed by atoms with van der Waals surface area (Å²) >= 11 is 5.95. The van der Waals surface area contributed by atoms with Crippen molar-refractivity contribution in [1.29, 1.82) is 0 Å². The van der Waals surface area contributed by atoms with Gasteiger partial charge < -0.3 is 0 Å². The topological polar surface area (TPSA) is 47.8 Å². The highest BCUT2D eigenvalue weighted by molar-refractivity contribution is 6.33. The van der Waals surface area contributed by atoms with Crippen LogP contribution >= 0.6 is 11.6 Å². The Morgan fingerprint density at radius 1 is 1.38 bits per heavy atom. The van der Waals surface area contributed by atoms with Gasteiger partial charge in [0.1, 0.15) is 11.6 Å². The molecule has 0 N–H and O–H groups in total. The summed E-state index contributed by atoms with van der Waals surface area (Å²) in [5.41, 5.74) is 1.27. The molecule has 2 rings (SSSR count). The highest BCUT2D eigenvalue weighted by Crippen LogP contribution is 2.19. The van der Waals surface area contributed by atoms with Crippen LogP contribution in [-0.2, 0) is 0 Å². The molecule has 0 bridgehead atoms. The molecule has 0 aliphatic rings. The third-order valence-electron chi connectivity index (χ3n) is 2.23. The van der Waals surface area contributed by atoms with E-state index in [1.165, 1.54) is 0 Å². The van der Waals surface area contributed by atoms with Gasteiger partial charge in [-0.05, 0) is 32.0 Å². The van der Waals surface area contributed by atoms with E-state index in [1.807, 2.05) is 13.8 Å². The zero-order valence-corrected chi connectivity index (χ0v) is 9.69. The van der Waals surface area contributed by atoms with Crippen molar-refractivity contribution in [3.63, 3.8) is 0 Å². The van der Waals surface area contributed by atoms with Gasteiger partial charge in [0.2, 0.25) is 0 Å². The average molecular weight is 236 g/mol. The fraction of sp³-hybridized carbons (Fsp3) is 0.182. The van der Waals surface area contributed by atoms with Crippen LogP contribution in [-0.4, -0.2) is 21.1 Å². The molecule has 1 aromatic carbocycles. The Hall–Kier alpha value is -1.68. The largest absolute Gasteiger partial charge is 0.298 e.